The van der Waals surface area contributed by atoms with E-state index in [0.29, 0.717) is 0 Å². The Bertz CT molecular complexity index is 859. The van der Waals surface area contributed by atoms with E-state index in [1.54, 1.807) is 7.11 Å². The number of nitrogens with one attached hydrogen (secondary N) is 1. The Labute approximate surface area is 176 Å². The van der Waals surface area contributed by atoms with Crippen LogP contribution in [0.4, 0.5) is 5.82 Å². The Balaban J connectivity index is 0.00000145. The van der Waals surface area contributed by atoms with E-state index in [1.165, 1.54) is 16.7 Å². The van der Waals surface area contributed by atoms with E-state index >= 15 is 0 Å². The van der Waals surface area contributed by atoms with Gasteiger partial charge < -0.3 is 10.1 Å². The molecular formula is C26H34N2O. The highest BCUT2D eigenvalue weighted by Gasteiger charge is 2.17. The van der Waals surface area contributed by atoms with Crippen LogP contribution in [0.5, 0.6) is 5.75 Å². The highest BCUT2D eigenvalue weighted by Crippen LogP contribution is 2.30. The molecule has 0 amide bonds. The summed E-state index contributed by atoms with van der Waals surface area (Å²) in [4.78, 5) is 4.82. The number of hydrogen-bond donors (Lipinski definition) is 1. The van der Waals surface area contributed by atoms with Gasteiger partial charge in [0.25, 0.3) is 0 Å². The maximum absolute atomic E-state index is 5.33. The molecule has 29 heavy (non-hydrogen) atoms. The molecule has 2 aromatic carbocycles. The second kappa shape index (κ2) is 11.9. The molecule has 3 heteroatoms. The van der Waals surface area contributed by atoms with Crippen LogP contribution in [0.1, 0.15) is 55.5 Å². The van der Waals surface area contributed by atoms with E-state index in [2.05, 4.69) is 60.8 Å². The summed E-state index contributed by atoms with van der Waals surface area (Å²) in [5, 5.41) is 3.15. The lowest BCUT2D eigenvalue weighted by Gasteiger charge is -2.19. The molecule has 154 valence electrons. The monoisotopic (exact) mass is 390 g/mol. The Hall–Kier alpha value is -2.81. The van der Waals surface area contributed by atoms with E-state index in [4.69, 9.17) is 9.72 Å². The van der Waals surface area contributed by atoms with E-state index in [9.17, 15) is 0 Å². The second-order valence-electron chi connectivity index (χ2n) is 6.80. The maximum Gasteiger partial charge on any atom is 0.125 e. The number of ether oxygens (including phenoxy) is 1. The van der Waals surface area contributed by atoms with Gasteiger partial charge in [-0.05, 0) is 53.8 Å². The largest absolute Gasteiger partial charge is 0.497 e. The molecule has 3 rings (SSSR count). The van der Waals surface area contributed by atoms with Crippen LogP contribution < -0.4 is 10.1 Å². The van der Waals surface area contributed by atoms with Gasteiger partial charge in [-0.25, -0.2) is 4.98 Å². The number of hydrogen-bond acceptors (Lipinski definition) is 3. The van der Waals surface area contributed by atoms with Gasteiger partial charge in [-0.15, -0.1) is 0 Å². The molecule has 1 atom stereocenters. The van der Waals surface area contributed by atoms with Crippen molar-refractivity contribution in [1.82, 2.24) is 4.98 Å². The van der Waals surface area contributed by atoms with Crippen LogP contribution in [0.25, 0.3) is 0 Å². The smallest absolute Gasteiger partial charge is 0.125 e. The number of aryl methyl sites for hydroxylation is 1. The Morgan fingerprint density at radius 1 is 0.931 bits per heavy atom. The lowest BCUT2D eigenvalue weighted by Crippen LogP contribution is -2.09. The number of anilines is 1. The van der Waals surface area contributed by atoms with Crippen molar-refractivity contribution in [2.45, 2.75) is 46.0 Å². The van der Waals surface area contributed by atoms with Gasteiger partial charge in [0.1, 0.15) is 11.6 Å². The number of aromatic nitrogens is 1. The third kappa shape index (κ3) is 6.35. The first-order valence-corrected chi connectivity index (χ1v) is 10.6. The summed E-state index contributed by atoms with van der Waals surface area (Å²) in [7, 11) is 3.60. The molecule has 0 saturated heterocycles. The number of pyridine rings is 1. The summed E-state index contributed by atoms with van der Waals surface area (Å²) in [5.41, 5.74) is 5.07. The summed E-state index contributed by atoms with van der Waals surface area (Å²) in [6.07, 6.45) is 3.20. The lowest BCUT2D eigenvalue weighted by atomic mass is 9.88. The van der Waals surface area contributed by atoms with Gasteiger partial charge in [0.15, 0.2) is 0 Å². The highest BCUT2D eigenvalue weighted by molar-refractivity contribution is 5.40. The standard InChI is InChI=1S/C24H28N2O.C2H6/c1-4-7-18-8-5-9-19(16-18)17-22(20-12-14-21(27-3)15-13-20)23-10-6-11-24(25-2)26-23;1-2/h5-6,8-16,22H,4,7,17H2,1-3H3,(H,25,26);1-2H3. The fraction of sp³-hybridized carbons (Fsp3) is 0.346. The van der Waals surface area contributed by atoms with Gasteiger partial charge in [-0.2, -0.15) is 0 Å². The van der Waals surface area contributed by atoms with Crippen molar-refractivity contribution in [2.75, 3.05) is 19.5 Å². The molecule has 1 aromatic heterocycles. The van der Waals surface area contributed by atoms with Gasteiger partial charge >= 0.3 is 0 Å². The van der Waals surface area contributed by atoms with Crippen molar-refractivity contribution in [3.8, 4) is 5.75 Å². The average Bonchev–Trinajstić information content (AvgIpc) is 2.79. The quantitative estimate of drug-likeness (QED) is 0.477. The molecule has 1 unspecified atom stereocenters. The Kier molecular flexibility index (Phi) is 9.23. The molecule has 0 aliphatic carbocycles. The maximum atomic E-state index is 5.33. The normalized spacial score (nSPS) is 11.2. The van der Waals surface area contributed by atoms with E-state index < -0.39 is 0 Å². The number of methoxy groups -OCH3 is 1. The molecule has 0 fully saturated rings. The minimum absolute atomic E-state index is 0.195. The van der Waals surface area contributed by atoms with Crippen LogP contribution in [-0.4, -0.2) is 19.1 Å². The van der Waals surface area contributed by atoms with Crippen LogP contribution in [0.15, 0.2) is 66.7 Å². The zero-order chi connectivity index (χ0) is 21.1. The Morgan fingerprint density at radius 2 is 1.62 bits per heavy atom. The highest BCUT2D eigenvalue weighted by atomic mass is 16.5. The van der Waals surface area contributed by atoms with Crippen molar-refractivity contribution < 1.29 is 4.74 Å². The minimum Gasteiger partial charge on any atom is -0.497 e. The van der Waals surface area contributed by atoms with Crippen LogP contribution in [0.3, 0.4) is 0 Å². The summed E-state index contributed by atoms with van der Waals surface area (Å²) in [6, 6.07) is 23.5. The van der Waals surface area contributed by atoms with Gasteiger partial charge in [0, 0.05) is 13.0 Å². The first-order valence-electron chi connectivity index (χ1n) is 10.6. The topological polar surface area (TPSA) is 34.1 Å². The molecule has 0 aliphatic heterocycles. The third-order valence-corrected chi connectivity index (χ3v) is 4.87. The van der Waals surface area contributed by atoms with E-state index in [1.807, 2.05) is 39.1 Å². The van der Waals surface area contributed by atoms with Crippen molar-refractivity contribution in [3.63, 3.8) is 0 Å². The first-order chi connectivity index (χ1) is 14.2. The van der Waals surface area contributed by atoms with Crippen molar-refractivity contribution >= 4 is 5.82 Å². The molecule has 3 aromatic rings. The molecule has 1 N–H and O–H groups in total. The van der Waals surface area contributed by atoms with Gasteiger partial charge in [-0.3, -0.25) is 0 Å². The Morgan fingerprint density at radius 3 is 2.28 bits per heavy atom. The molecule has 0 radical (unpaired) electrons. The fourth-order valence-electron chi connectivity index (χ4n) is 3.45. The predicted molar refractivity (Wildman–Crippen MR) is 124 cm³/mol. The van der Waals surface area contributed by atoms with Crippen LogP contribution in [-0.2, 0) is 12.8 Å². The summed E-state index contributed by atoms with van der Waals surface area (Å²) in [6.45, 7) is 6.22. The zero-order valence-corrected chi connectivity index (χ0v) is 18.4. The molecule has 0 saturated carbocycles. The first kappa shape index (κ1) is 22.5. The minimum atomic E-state index is 0.195. The van der Waals surface area contributed by atoms with Crippen molar-refractivity contribution in [1.29, 1.82) is 0 Å². The zero-order valence-electron chi connectivity index (χ0n) is 18.4. The van der Waals surface area contributed by atoms with E-state index in [-0.39, 0.29) is 5.92 Å². The number of rotatable bonds is 8. The number of benzene rings is 2. The molecule has 1 heterocycles. The fourth-order valence-corrected chi connectivity index (χ4v) is 3.45. The van der Waals surface area contributed by atoms with Gasteiger partial charge in [0.2, 0.25) is 0 Å². The molecular weight excluding hydrogens is 356 g/mol. The summed E-state index contributed by atoms with van der Waals surface area (Å²) >= 11 is 0. The summed E-state index contributed by atoms with van der Waals surface area (Å²) < 4.78 is 5.33. The lowest BCUT2D eigenvalue weighted by molar-refractivity contribution is 0.414. The predicted octanol–water partition coefficient (Wildman–Crippen LogP) is 6.49. The van der Waals surface area contributed by atoms with Crippen molar-refractivity contribution in [3.05, 3.63) is 89.1 Å². The van der Waals surface area contributed by atoms with E-state index in [0.717, 1.165) is 36.5 Å². The van der Waals surface area contributed by atoms with Gasteiger partial charge in [0.05, 0.1) is 12.8 Å². The SMILES string of the molecule is CC.CCCc1cccc(CC(c2ccc(OC)cc2)c2cccc(NC)n2)c1. The third-order valence-electron chi connectivity index (χ3n) is 4.87. The van der Waals surface area contributed by atoms with Crippen LogP contribution in [0, 0.1) is 0 Å². The molecule has 0 spiro atoms. The van der Waals surface area contributed by atoms with Gasteiger partial charge in [-0.1, -0.05) is 69.7 Å². The molecule has 0 aliphatic rings. The number of nitrogens with zero attached hydrogens (tertiary/aromatic N) is 1. The summed E-state index contributed by atoms with van der Waals surface area (Å²) in [5.74, 6) is 1.96. The molecule has 0 bridgehead atoms. The second-order valence-corrected chi connectivity index (χ2v) is 6.80. The molecule has 3 nitrogen and oxygen atoms in total. The van der Waals surface area contributed by atoms with Crippen LogP contribution >= 0.6 is 0 Å². The average molecular weight is 391 g/mol. The van der Waals surface area contributed by atoms with Crippen molar-refractivity contribution in [2.24, 2.45) is 0 Å². The van der Waals surface area contributed by atoms with Crippen LogP contribution in [0.2, 0.25) is 0 Å².